The molecule has 1 atom stereocenters. The summed E-state index contributed by atoms with van der Waals surface area (Å²) in [6, 6.07) is -0.196. The second-order valence-electron chi connectivity index (χ2n) is 4.64. The Morgan fingerprint density at radius 2 is 2.28 bits per heavy atom. The van der Waals surface area contributed by atoms with Gasteiger partial charge in [-0.2, -0.15) is 0 Å². The van der Waals surface area contributed by atoms with Crippen LogP contribution in [-0.2, 0) is 11.8 Å². The zero-order valence-corrected chi connectivity index (χ0v) is 10.4. The molecular formula is C12H17N3O3. The summed E-state index contributed by atoms with van der Waals surface area (Å²) in [7, 11) is 1.76. The Kier molecular flexibility index (Phi) is 3.64. The van der Waals surface area contributed by atoms with Gasteiger partial charge in [-0.1, -0.05) is 0 Å². The highest BCUT2D eigenvalue weighted by molar-refractivity contribution is 5.93. The molecule has 1 saturated heterocycles. The highest BCUT2D eigenvalue weighted by Crippen LogP contribution is 2.21. The average molecular weight is 251 g/mol. The molecule has 6 nitrogen and oxygen atoms in total. The van der Waals surface area contributed by atoms with Crippen molar-refractivity contribution >= 4 is 11.9 Å². The fourth-order valence-corrected chi connectivity index (χ4v) is 2.39. The van der Waals surface area contributed by atoms with Crippen molar-refractivity contribution in [1.82, 2.24) is 14.5 Å². The molecule has 0 aromatic carbocycles. The van der Waals surface area contributed by atoms with E-state index in [0.29, 0.717) is 12.2 Å². The van der Waals surface area contributed by atoms with Crippen molar-refractivity contribution in [3.05, 3.63) is 18.2 Å². The van der Waals surface area contributed by atoms with Gasteiger partial charge in [-0.05, 0) is 19.3 Å². The van der Waals surface area contributed by atoms with Gasteiger partial charge in [0, 0.05) is 19.6 Å². The highest BCUT2D eigenvalue weighted by atomic mass is 16.4. The number of aromatic nitrogens is 2. The van der Waals surface area contributed by atoms with Crippen molar-refractivity contribution in [2.75, 3.05) is 6.54 Å². The molecule has 1 amide bonds. The molecule has 1 aromatic heterocycles. The van der Waals surface area contributed by atoms with Crippen LogP contribution < -0.4 is 0 Å². The number of carboxylic acids is 1. The monoisotopic (exact) mass is 251 g/mol. The number of aryl methyl sites for hydroxylation is 1. The maximum Gasteiger partial charge on any atom is 0.305 e. The topological polar surface area (TPSA) is 75.4 Å². The zero-order valence-electron chi connectivity index (χ0n) is 10.4. The van der Waals surface area contributed by atoms with Crippen molar-refractivity contribution in [1.29, 1.82) is 0 Å². The number of nitrogens with zero attached hydrogens (tertiary/aromatic N) is 3. The molecular weight excluding hydrogens is 234 g/mol. The van der Waals surface area contributed by atoms with Crippen LogP contribution in [-0.4, -0.2) is 44.0 Å². The Morgan fingerprint density at radius 3 is 2.89 bits per heavy atom. The maximum absolute atomic E-state index is 12.3. The summed E-state index contributed by atoms with van der Waals surface area (Å²) in [5.74, 6) is -0.981. The van der Waals surface area contributed by atoms with Gasteiger partial charge in [-0.25, -0.2) is 4.98 Å². The third-order valence-electron chi connectivity index (χ3n) is 3.33. The minimum atomic E-state index is -0.857. The standard InChI is InChI=1S/C12H17N3O3/c1-14-8-13-7-10(14)12(18)15-5-3-2-4-9(15)6-11(16)17/h7-9H,2-6H2,1H3,(H,16,17). The molecule has 1 N–H and O–H groups in total. The number of amides is 1. The molecule has 18 heavy (non-hydrogen) atoms. The Labute approximate surface area is 105 Å². The van der Waals surface area contributed by atoms with E-state index in [1.54, 1.807) is 22.8 Å². The molecule has 1 aliphatic rings. The van der Waals surface area contributed by atoms with E-state index >= 15 is 0 Å². The molecule has 1 aliphatic heterocycles. The van der Waals surface area contributed by atoms with Crippen LogP contribution in [0.1, 0.15) is 36.2 Å². The molecule has 2 rings (SSSR count). The third kappa shape index (κ3) is 2.52. The van der Waals surface area contributed by atoms with Crippen LogP contribution in [0.3, 0.4) is 0 Å². The second kappa shape index (κ2) is 5.20. The fourth-order valence-electron chi connectivity index (χ4n) is 2.39. The molecule has 0 bridgehead atoms. The summed E-state index contributed by atoms with van der Waals surface area (Å²) < 4.78 is 1.66. The fraction of sp³-hybridized carbons (Fsp3) is 0.583. The number of piperidine rings is 1. The van der Waals surface area contributed by atoms with Gasteiger partial charge in [0.2, 0.25) is 0 Å². The minimum Gasteiger partial charge on any atom is -0.481 e. The lowest BCUT2D eigenvalue weighted by Crippen LogP contribution is -2.45. The van der Waals surface area contributed by atoms with Crippen molar-refractivity contribution < 1.29 is 14.7 Å². The number of hydrogen-bond donors (Lipinski definition) is 1. The third-order valence-corrected chi connectivity index (χ3v) is 3.33. The predicted octanol–water partition coefficient (Wildman–Crippen LogP) is 0.889. The quantitative estimate of drug-likeness (QED) is 0.865. The number of likely N-dealkylation sites (tertiary alicyclic amines) is 1. The summed E-state index contributed by atoms with van der Waals surface area (Å²) in [6.07, 6.45) is 5.78. The van der Waals surface area contributed by atoms with Crippen LogP contribution >= 0.6 is 0 Å². The van der Waals surface area contributed by atoms with E-state index in [1.807, 2.05) is 0 Å². The van der Waals surface area contributed by atoms with Crippen LogP contribution in [0.4, 0.5) is 0 Å². The first-order valence-electron chi connectivity index (χ1n) is 6.08. The van der Waals surface area contributed by atoms with Gasteiger partial charge in [-0.3, -0.25) is 9.59 Å². The van der Waals surface area contributed by atoms with E-state index in [0.717, 1.165) is 19.3 Å². The van der Waals surface area contributed by atoms with Crippen LogP contribution in [0, 0.1) is 0 Å². The van der Waals surface area contributed by atoms with E-state index in [4.69, 9.17) is 5.11 Å². The number of carbonyl (C=O) groups excluding carboxylic acids is 1. The maximum atomic E-state index is 12.3. The van der Waals surface area contributed by atoms with Gasteiger partial charge in [-0.15, -0.1) is 0 Å². The average Bonchev–Trinajstić information content (AvgIpc) is 2.74. The number of carbonyl (C=O) groups is 2. The van der Waals surface area contributed by atoms with Gasteiger partial charge < -0.3 is 14.6 Å². The number of rotatable bonds is 3. The smallest absolute Gasteiger partial charge is 0.305 e. The summed E-state index contributed by atoms with van der Waals surface area (Å²) in [4.78, 5) is 28.8. The number of imidazole rings is 1. The Morgan fingerprint density at radius 1 is 1.50 bits per heavy atom. The molecule has 0 spiro atoms. The van der Waals surface area contributed by atoms with Crippen LogP contribution in [0.5, 0.6) is 0 Å². The molecule has 0 saturated carbocycles. The number of carboxylic acid groups (broad SMARTS) is 1. The number of aliphatic carboxylic acids is 1. The summed E-state index contributed by atoms with van der Waals surface area (Å²) >= 11 is 0. The van der Waals surface area contributed by atoms with Crippen molar-refractivity contribution in [2.24, 2.45) is 7.05 Å². The van der Waals surface area contributed by atoms with Gasteiger partial charge >= 0.3 is 5.97 Å². The van der Waals surface area contributed by atoms with Crippen molar-refractivity contribution in [3.63, 3.8) is 0 Å². The number of hydrogen-bond acceptors (Lipinski definition) is 3. The Hall–Kier alpha value is -1.85. The Balaban J connectivity index is 2.16. The minimum absolute atomic E-state index is 0.0175. The largest absolute Gasteiger partial charge is 0.481 e. The van der Waals surface area contributed by atoms with Gasteiger partial charge in [0.15, 0.2) is 0 Å². The summed E-state index contributed by atoms with van der Waals surface area (Å²) in [6.45, 7) is 0.627. The summed E-state index contributed by atoms with van der Waals surface area (Å²) in [5.41, 5.74) is 0.507. The van der Waals surface area contributed by atoms with E-state index in [9.17, 15) is 9.59 Å². The zero-order chi connectivity index (χ0) is 13.1. The molecule has 0 aliphatic carbocycles. The summed E-state index contributed by atoms with van der Waals surface area (Å²) in [5, 5.41) is 8.89. The van der Waals surface area contributed by atoms with Crippen LogP contribution in [0.2, 0.25) is 0 Å². The predicted molar refractivity (Wildman–Crippen MR) is 64.1 cm³/mol. The first-order valence-corrected chi connectivity index (χ1v) is 6.08. The molecule has 2 heterocycles. The first-order chi connectivity index (χ1) is 8.59. The van der Waals surface area contributed by atoms with E-state index in [-0.39, 0.29) is 18.4 Å². The van der Waals surface area contributed by atoms with E-state index in [2.05, 4.69) is 4.98 Å². The van der Waals surface area contributed by atoms with Crippen LogP contribution in [0.25, 0.3) is 0 Å². The van der Waals surface area contributed by atoms with Crippen LogP contribution in [0.15, 0.2) is 12.5 Å². The molecule has 1 aromatic rings. The van der Waals surface area contributed by atoms with Gasteiger partial charge in [0.1, 0.15) is 5.69 Å². The van der Waals surface area contributed by atoms with Crippen molar-refractivity contribution in [2.45, 2.75) is 31.7 Å². The molecule has 0 radical (unpaired) electrons. The molecule has 1 unspecified atom stereocenters. The first kappa shape index (κ1) is 12.6. The van der Waals surface area contributed by atoms with E-state index in [1.165, 1.54) is 6.20 Å². The van der Waals surface area contributed by atoms with Gasteiger partial charge in [0.05, 0.1) is 18.9 Å². The normalized spacial score (nSPS) is 19.8. The van der Waals surface area contributed by atoms with Crippen molar-refractivity contribution in [3.8, 4) is 0 Å². The highest BCUT2D eigenvalue weighted by Gasteiger charge is 2.30. The molecule has 1 fully saturated rings. The second-order valence-corrected chi connectivity index (χ2v) is 4.64. The lowest BCUT2D eigenvalue weighted by molar-refractivity contribution is -0.138. The lowest BCUT2D eigenvalue weighted by atomic mass is 9.99. The Bertz CT molecular complexity index is 455. The van der Waals surface area contributed by atoms with E-state index < -0.39 is 5.97 Å². The molecule has 98 valence electrons. The van der Waals surface area contributed by atoms with Gasteiger partial charge in [0.25, 0.3) is 5.91 Å². The molecule has 6 heteroatoms. The SMILES string of the molecule is Cn1cncc1C(=O)N1CCCCC1CC(=O)O. The lowest BCUT2D eigenvalue weighted by Gasteiger charge is -2.34.